The summed E-state index contributed by atoms with van der Waals surface area (Å²) in [5.74, 6) is 0.729. The number of aromatic amines is 1. The van der Waals surface area contributed by atoms with Crippen molar-refractivity contribution in [3.05, 3.63) is 113 Å². The van der Waals surface area contributed by atoms with Crippen LogP contribution in [0.3, 0.4) is 0 Å². The van der Waals surface area contributed by atoms with Crippen molar-refractivity contribution in [1.29, 1.82) is 0 Å². The first-order chi connectivity index (χ1) is 20.3. The third-order valence-electron chi connectivity index (χ3n) is 7.39. The van der Waals surface area contributed by atoms with Crippen molar-refractivity contribution in [3.8, 4) is 11.9 Å². The lowest BCUT2D eigenvalue weighted by molar-refractivity contribution is 0.523. The summed E-state index contributed by atoms with van der Waals surface area (Å²) in [5, 5.41) is 9.23. The Bertz CT molecular complexity index is 1940. The fraction of sp³-hybridized carbons (Fsp3) is 0.333. The van der Waals surface area contributed by atoms with E-state index >= 15 is 0 Å². The molecule has 0 bridgehead atoms. The smallest absolute Gasteiger partial charge is 0.275 e. The van der Waals surface area contributed by atoms with Gasteiger partial charge in [0.15, 0.2) is 0 Å². The van der Waals surface area contributed by atoms with Crippen LogP contribution >= 0.6 is 11.6 Å². The van der Waals surface area contributed by atoms with E-state index in [-0.39, 0.29) is 37.4 Å². The second-order valence-electron chi connectivity index (χ2n) is 10.1. The van der Waals surface area contributed by atoms with Crippen LogP contribution in [-0.4, -0.2) is 48.2 Å². The summed E-state index contributed by atoms with van der Waals surface area (Å²) in [5.41, 5.74) is -0.618. The average molecular weight is 591 g/mol. The van der Waals surface area contributed by atoms with Gasteiger partial charge in [0.25, 0.3) is 0 Å². The first-order valence-corrected chi connectivity index (χ1v) is 13.9. The Labute approximate surface area is 242 Å². The van der Waals surface area contributed by atoms with Crippen LogP contribution in [0.4, 0.5) is 0 Å². The van der Waals surface area contributed by atoms with Gasteiger partial charge in [-0.15, -0.1) is 0 Å². The fourth-order valence-corrected chi connectivity index (χ4v) is 5.22. The van der Waals surface area contributed by atoms with Gasteiger partial charge in [0.2, 0.25) is 11.9 Å². The summed E-state index contributed by atoms with van der Waals surface area (Å²) >= 11 is 6.01. The molecule has 1 N–H and O–H groups in total. The molecule has 1 fully saturated rings. The van der Waals surface area contributed by atoms with Gasteiger partial charge in [-0.3, -0.25) is 9.55 Å². The minimum atomic E-state index is -0.636. The standard InChI is InChI=1S/C27H27ClN10O4/c1-2-34-26(41)32-23(36(27(34)42)16-17-6-8-19(28)9-7-17)38-14-10-21(33-38)20-15-18(20)5-3-12-35-24(39)30-22(31-25(35)40)37-13-4-11-29-37/h4,6-11,13-14,18,20H,2-3,5,12,15-16H2,1H3,(H,30,31,39,40)/t18?,20-/m0/s1. The van der Waals surface area contributed by atoms with Gasteiger partial charge in [0.1, 0.15) is 0 Å². The highest BCUT2D eigenvalue weighted by atomic mass is 35.5. The maximum atomic E-state index is 13.2. The van der Waals surface area contributed by atoms with Crippen molar-refractivity contribution in [2.24, 2.45) is 5.92 Å². The van der Waals surface area contributed by atoms with E-state index in [9.17, 15) is 19.2 Å². The van der Waals surface area contributed by atoms with Gasteiger partial charge in [0, 0.05) is 42.6 Å². The van der Waals surface area contributed by atoms with Crippen LogP contribution in [0, 0.1) is 5.92 Å². The van der Waals surface area contributed by atoms with E-state index < -0.39 is 22.8 Å². The molecule has 1 aliphatic rings. The predicted molar refractivity (Wildman–Crippen MR) is 152 cm³/mol. The Balaban J connectivity index is 1.15. The molecule has 216 valence electrons. The average Bonchev–Trinajstić information content (AvgIpc) is 3.33. The van der Waals surface area contributed by atoms with E-state index in [1.165, 1.54) is 20.1 Å². The molecule has 0 amide bonds. The largest absolute Gasteiger partial charge is 0.354 e. The molecule has 15 heteroatoms. The van der Waals surface area contributed by atoms with E-state index in [1.54, 1.807) is 37.5 Å². The van der Waals surface area contributed by atoms with Crippen LogP contribution in [0.5, 0.6) is 0 Å². The molecule has 1 aliphatic carbocycles. The molecular weight excluding hydrogens is 564 g/mol. The van der Waals surface area contributed by atoms with Crippen molar-refractivity contribution in [3.63, 3.8) is 0 Å². The van der Waals surface area contributed by atoms with Gasteiger partial charge in [-0.05, 0) is 61.9 Å². The molecule has 0 saturated heterocycles. The Kier molecular flexibility index (Phi) is 7.29. The summed E-state index contributed by atoms with van der Waals surface area (Å²) < 4.78 is 6.38. The maximum Gasteiger partial charge on any atom is 0.354 e. The second-order valence-corrected chi connectivity index (χ2v) is 10.6. The highest BCUT2D eigenvalue weighted by Crippen LogP contribution is 2.49. The zero-order valence-electron chi connectivity index (χ0n) is 22.6. The molecule has 6 rings (SSSR count). The van der Waals surface area contributed by atoms with Gasteiger partial charge < -0.3 is 0 Å². The molecule has 42 heavy (non-hydrogen) atoms. The van der Waals surface area contributed by atoms with Gasteiger partial charge in [-0.1, -0.05) is 23.7 Å². The van der Waals surface area contributed by atoms with Gasteiger partial charge in [-0.2, -0.15) is 20.2 Å². The Morgan fingerprint density at radius 1 is 0.952 bits per heavy atom. The fourth-order valence-electron chi connectivity index (χ4n) is 5.09. The Morgan fingerprint density at radius 3 is 2.45 bits per heavy atom. The van der Waals surface area contributed by atoms with Crippen LogP contribution in [0.25, 0.3) is 11.9 Å². The topological polar surface area (TPSA) is 160 Å². The highest BCUT2D eigenvalue weighted by Gasteiger charge is 2.39. The summed E-state index contributed by atoms with van der Waals surface area (Å²) in [6.45, 7) is 2.35. The molecule has 0 radical (unpaired) electrons. The first-order valence-electron chi connectivity index (χ1n) is 13.6. The number of benzene rings is 1. The van der Waals surface area contributed by atoms with E-state index in [4.69, 9.17) is 11.6 Å². The summed E-state index contributed by atoms with van der Waals surface area (Å²) in [6, 6.07) is 10.6. The minimum absolute atomic E-state index is 0.0733. The molecule has 1 unspecified atom stereocenters. The maximum absolute atomic E-state index is 13.2. The van der Waals surface area contributed by atoms with Crippen molar-refractivity contribution < 1.29 is 0 Å². The number of nitrogens with one attached hydrogen (secondary N) is 1. The summed E-state index contributed by atoms with van der Waals surface area (Å²) in [7, 11) is 0. The molecule has 4 heterocycles. The molecule has 14 nitrogen and oxygen atoms in total. The van der Waals surface area contributed by atoms with E-state index in [2.05, 4.69) is 25.1 Å². The number of halogens is 1. The van der Waals surface area contributed by atoms with E-state index in [0.29, 0.717) is 17.4 Å². The monoisotopic (exact) mass is 590 g/mol. The number of aromatic nitrogens is 10. The van der Waals surface area contributed by atoms with Gasteiger partial charge >= 0.3 is 22.8 Å². The zero-order chi connectivity index (χ0) is 29.4. The molecule has 4 aromatic heterocycles. The second kappa shape index (κ2) is 11.2. The van der Waals surface area contributed by atoms with Crippen molar-refractivity contribution in [1.82, 2.24) is 48.2 Å². The van der Waals surface area contributed by atoms with Crippen molar-refractivity contribution >= 4 is 11.6 Å². The van der Waals surface area contributed by atoms with Crippen LogP contribution in [-0.2, 0) is 19.6 Å². The zero-order valence-corrected chi connectivity index (χ0v) is 23.4. The predicted octanol–water partition coefficient (Wildman–Crippen LogP) is 1.33. The summed E-state index contributed by atoms with van der Waals surface area (Å²) in [4.78, 5) is 61.4. The molecular formula is C27H27ClN10O4. The molecule has 2 atom stereocenters. The third-order valence-corrected chi connectivity index (χ3v) is 7.64. The number of rotatable bonds is 10. The lowest BCUT2D eigenvalue weighted by Crippen LogP contribution is -2.43. The van der Waals surface area contributed by atoms with E-state index in [0.717, 1.165) is 33.2 Å². The number of nitrogens with zero attached hydrogens (tertiary/aromatic N) is 9. The van der Waals surface area contributed by atoms with Crippen molar-refractivity contribution in [2.75, 3.05) is 0 Å². The van der Waals surface area contributed by atoms with Gasteiger partial charge in [-0.25, -0.2) is 37.7 Å². The molecule has 0 aliphatic heterocycles. The SMILES string of the molecule is CCn1c(=O)nc(-n2ccc([C@H]3CC3CCCn3c(=O)nc(-n4cccn4)[nH]c3=O)n2)n(Cc2ccc(Cl)cc2)c1=O. The molecule has 5 aromatic rings. The third kappa shape index (κ3) is 5.40. The molecule has 1 aromatic carbocycles. The van der Waals surface area contributed by atoms with Crippen LogP contribution in [0.2, 0.25) is 5.02 Å². The van der Waals surface area contributed by atoms with E-state index in [1.807, 2.05) is 18.2 Å². The normalized spacial score (nSPS) is 16.1. The lowest BCUT2D eigenvalue weighted by Gasteiger charge is -2.13. The van der Waals surface area contributed by atoms with Crippen LogP contribution < -0.4 is 22.8 Å². The minimum Gasteiger partial charge on any atom is -0.275 e. The van der Waals surface area contributed by atoms with Gasteiger partial charge in [0.05, 0.1) is 12.2 Å². The molecule has 1 saturated carbocycles. The lowest BCUT2D eigenvalue weighted by atomic mass is 10.1. The highest BCUT2D eigenvalue weighted by molar-refractivity contribution is 6.30. The summed E-state index contributed by atoms with van der Waals surface area (Å²) in [6.07, 6.45) is 7.12. The number of hydrogen-bond donors (Lipinski definition) is 1. The van der Waals surface area contributed by atoms with Crippen LogP contribution in [0.1, 0.15) is 43.4 Å². The van der Waals surface area contributed by atoms with Crippen LogP contribution in [0.15, 0.2) is 74.2 Å². The Morgan fingerprint density at radius 2 is 1.74 bits per heavy atom. The Hall–Kier alpha value is -4.85. The number of H-pyrrole nitrogens is 1. The first kappa shape index (κ1) is 27.3. The number of hydrogen-bond acceptors (Lipinski definition) is 8. The van der Waals surface area contributed by atoms with Crippen molar-refractivity contribution in [2.45, 2.75) is 51.7 Å². The quantitative estimate of drug-likeness (QED) is 0.255. The molecule has 0 spiro atoms.